The van der Waals surface area contributed by atoms with Crippen molar-refractivity contribution in [3.63, 3.8) is 0 Å². The third-order valence-corrected chi connectivity index (χ3v) is 7.39. The van der Waals surface area contributed by atoms with Gasteiger partial charge in [-0.25, -0.2) is 9.78 Å². The molecular formula is C32H32N6O2. The number of pyridine rings is 2. The number of hydrogen-bond acceptors (Lipinski definition) is 5. The molecule has 5 rings (SSSR count). The Bertz CT molecular complexity index is 1530. The number of hydrogen-bond donors (Lipinski definition) is 2. The fourth-order valence-corrected chi connectivity index (χ4v) is 5.13. The average molecular weight is 533 g/mol. The Kier molecular flexibility index (Phi) is 8.21. The van der Waals surface area contributed by atoms with Gasteiger partial charge in [-0.1, -0.05) is 42.5 Å². The van der Waals surface area contributed by atoms with Crippen LogP contribution < -0.4 is 21.1 Å². The maximum absolute atomic E-state index is 13.6. The number of amides is 2. The fraction of sp³-hybridized carbons (Fsp3) is 0.250. The number of nitrogens with zero attached hydrogens (tertiary/aromatic N) is 4. The van der Waals surface area contributed by atoms with Crippen LogP contribution in [0.1, 0.15) is 36.8 Å². The standard InChI is InChI=1S/C32H32N6O2/c1-37-18-17-26(19-31(37)39)25-8-12-28(13-9-25)38(32(40)35-21-23-5-3-2-4-6-23)29-14-10-27(11-15-29)36-30-16-7-24(20-33)22-34-30/h2-9,12-13,16-19,22,27,29H,10-11,14-15,21H2,1H3,(H,34,36)(H,35,40)/t27-,29-. The van der Waals surface area contributed by atoms with Crippen molar-refractivity contribution in [1.29, 1.82) is 5.26 Å². The molecule has 0 unspecified atom stereocenters. The SMILES string of the molecule is Cn1ccc(-c2ccc(N(C(=O)NCc3ccccc3)[C@H]3CC[C@H](Nc4ccc(C#N)cn4)CC3)cc2)cc1=O. The van der Waals surface area contributed by atoms with Crippen LogP contribution >= 0.6 is 0 Å². The zero-order chi connectivity index (χ0) is 27.9. The zero-order valence-corrected chi connectivity index (χ0v) is 22.5. The normalized spacial score (nSPS) is 16.5. The summed E-state index contributed by atoms with van der Waals surface area (Å²) in [5.74, 6) is 0.756. The summed E-state index contributed by atoms with van der Waals surface area (Å²) in [7, 11) is 1.73. The third-order valence-electron chi connectivity index (χ3n) is 7.39. The second-order valence-corrected chi connectivity index (χ2v) is 10.1. The second kappa shape index (κ2) is 12.3. The van der Waals surface area contributed by atoms with Gasteiger partial charge in [0.1, 0.15) is 11.9 Å². The number of nitriles is 1. The van der Waals surface area contributed by atoms with E-state index >= 15 is 0 Å². The molecule has 1 aliphatic rings. The molecule has 2 heterocycles. The predicted octanol–water partition coefficient (Wildman–Crippen LogP) is 5.46. The molecule has 8 heteroatoms. The Morgan fingerprint density at radius 2 is 1.75 bits per heavy atom. The number of anilines is 2. The molecule has 40 heavy (non-hydrogen) atoms. The van der Waals surface area contributed by atoms with Crippen molar-refractivity contribution in [3.8, 4) is 17.2 Å². The molecule has 0 atom stereocenters. The van der Waals surface area contributed by atoms with Crippen LogP contribution in [0.3, 0.4) is 0 Å². The van der Waals surface area contributed by atoms with Gasteiger partial charge in [-0.05, 0) is 72.7 Å². The first-order valence-corrected chi connectivity index (χ1v) is 13.5. The summed E-state index contributed by atoms with van der Waals surface area (Å²) >= 11 is 0. The molecule has 0 radical (unpaired) electrons. The lowest BCUT2D eigenvalue weighted by atomic mass is 9.89. The highest BCUT2D eigenvalue weighted by Gasteiger charge is 2.30. The monoisotopic (exact) mass is 532 g/mol. The van der Waals surface area contributed by atoms with Gasteiger partial charge in [0.05, 0.1) is 5.56 Å². The summed E-state index contributed by atoms with van der Waals surface area (Å²) < 4.78 is 1.54. The predicted molar refractivity (Wildman–Crippen MR) is 157 cm³/mol. The Balaban J connectivity index is 1.31. The second-order valence-electron chi connectivity index (χ2n) is 10.1. The lowest BCUT2D eigenvalue weighted by Crippen LogP contribution is -2.48. The van der Waals surface area contributed by atoms with Crippen LogP contribution in [0.25, 0.3) is 11.1 Å². The van der Waals surface area contributed by atoms with E-state index in [1.807, 2.05) is 71.6 Å². The Morgan fingerprint density at radius 1 is 1.00 bits per heavy atom. The first-order chi connectivity index (χ1) is 19.5. The highest BCUT2D eigenvalue weighted by atomic mass is 16.2. The summed E-state index contributed by atoms with van der Waals surface area (Å²) in [4.78, 5) is 32.0. The van der Waals surface area contributed by atoms with Gasteiger partial charge in [-0.2, -0.15) is 5.26 Å². The van der Waals surface area contributed by atoms with Gasteiger partial charge < -0.3 is 15.2 Å². The largest absolute Gasteiger partial charge is 0.367 e. The summed E-state index contributed by atoms with van der Waals surface area (Å²) in [5, 5.41) is 15.6. The highest BCUT2D eigenvalue weighted by Crippen LogP contribution is 2.31. The molecule has 2 aromatic heterocycles. The summed E-state index contributed by atoms with van der Waals surface area (Å²) in [6.45, 7) is 0.447. The minimum Gasteiger partial charge on any atom is -0.367 e. The van der Waals surface area contributed by atoms with E-state index < -0.39 is 0 Å². The minimum atomic E-state index is -0.129. The van der Waals surface area contributed by atoms with E-state index in [4.69, 9.17) is 5.26 Å². The fourth-order valence-electron chi connectivity index (χ4n) is 5.13. The Labute approximate surface area is 233 Å². The molecule has 1 aliphatic carbocycles. The molecule has 1 fully saturated rings. The number of benzene rings is 2. The van der Waals surface area contributed by atoms with Gasteiger partial charge in [0, 0.05) is 49.8 Å². The van der Waals surface area contributed by atoms with E-state index in [0.29, 0.717) is 12.1 Å². The van der Waals surface area contributed by atoms with E-state index in [1.165, 1.54) is 0 Å². The van der Waals surface area contributed by atoms with E-state index in [1.54, 1.807) is 36.1 Å². The molecule has 0 spiro atoms. The molecule has 202 valence electrons. The molecular weight excluding hydrogens is 500 g/mol. The number of aromatic nitrogens is 2. The number of carbonyl (C=O) groups is 1. The molecule has 4 aromatic rings. The molecule has 0 bridgehead atoms. The first-order valence-electron chi connectivity index (χ1n) is 13.5. The topological polar surface area (TPSA) is 103 Å². The number of rotatable bonds is 7. The van der Waals surface area contributed by atoms with Crippen molar-refractivity contribution in [1.82, 2.24) is 14.9 Å². The first kappa shape index (κ1) is 26.7. The third kappa shape index (κ3) is 6.38. The van der Waals surface area contributed by atoms with Gasteiger partial charge in [0.25, 0.3) is 5.56 Å². The van der Waals surface area contributed by atoms with Crippen molar-refractivity contribution in [2.45, 2.75) is 44.3 Å². The van der Waals surface area contributed by atoms with Crippen LogP contribution in [0.5, 0.6) is 0 Å². The molecule has 2 N–H and O–H groups in total. The van der Waals surface area contributed by atoms with Gasteiger partial charge >= 0.3 is 6.03 Å². The van der Waals surface area contributed by atoms with E-state index in [2.05, 4.69) is 21.7 Å². The molecule has 2 amide bonds. The average Bonchev–Trinajstić information content (AvgIpc) is 3.00. The molecule has 2 aromatic carbocycles. The van der Waals surface area contributed by atoms with Gasteiger partial charge in [-0.3, -0.25) is 9.69 Å². The zero-order valence-electron chi connectivity index (χ0n) is 22.5. The lowest BCUT2D eigenvalue weighted by Gasteiger charge is -2.37. The molecule has 0 saturated heterocycles. The van der Waals surface area contributed by atoms with Gasteiger partial charge in [0.2, 0.25) is 0 Å². The van der Waals surface area contributed by atoms with Crippen molar-refractivity contribution in [3.05, 3.63) is 113 Å². The summed E-state index contributed by atoms with van der Waals surface area (Å²) in [5.41, 5.74) is 4.10. The maximum atomic E-state index is 13.6. The van der Waals surface area contributed by atoms with Crippen molar-refractivity contribution in [2.75, 3.05) is 10.2 Å². The van der Waals surface area contributed by atoms with Gasteiger partial charge in [0.15, 0.2) is 0 Å². The number of aryl methyl sites for hydroxylation is 1. The summed E-state index contributed by atoms with van der Waals surface area (Å²) in [6, 6.07) is 27.1. The molecule has 0 aliphatic heterocycles. The maximum Gasteiger partial charge on any atom is 0.322 e. The Morgan fingerprint density at radius 3 is 2.40 bits per heavy atom. The van der Waals surface area contributed by atoms with Crippen LogP contribution in [0.15, 0.2) is 96.1 Å². The highest BCUT2D eigenvalue weighted by molar-refractivity contribution is 5.93. The van der Waals surface area contributed by atoms with E-state index in [9.17, 15) is 9.59 Å². The van der Waals surface area contributed by atoms with E-state index in [-0.39, 0.29) is 23.7 Å². The number of carbonyl (C=O) groups excluding carboxylic acids is 1. The van der Waals surface area contributed by atoms with Crippen LogP contribution in [0.2, 0.25) is 0 Å². The van der Waals surface area contributed by atoms with Crippen molar-refractivity contribution in [2.24, 2.45) is 7.05 Å². The van der Waals surface area contributed by atoms with Crippen LogP contribution in [-0.2, 0) is 13.6 Å². The van der Waals surface area contributed by atoms with Crippen molar-refractivity contribution >= 4 is 17.5 Å². The Hall–Kier alpha value is -4.90. The number of urea groups is 1. The number of nitrogens with one attached hydrogen (secondary N) is 2. The smallest absolute Gasteiger partial charge is 0.322 e. The quantitative estimate of drug-likeness (QED) is 0.329. The van der Waals surface area contributed by atoms with Crippen LogP contribution in [0.4, 0.5) is 16.3 Å². The lowest BCUT2D eigenvalue weighted by molar-refractivity contribution is 0.240. The van der Waals surface area contributed by atoms with Crippen molar-refractivity contribution < 1.29 is 4.79 Å². The van der Waals surface area contributed by atoms with Crippen LogP contribution in [-0.4, -0.2) is 27.7 Å². The van der Waals surface area contributed by atoms with E-state index in [0.717, 1.165) is 53.9 Å². The summed E-state index contributed by atoms with van der Waals surface area (Å²) in [6.07, 6.45) is 6.78. The van der Waals surface area contributed by atoms with Crippen LogP contribution in [0, 0.1) is 11.3 Å². The van der Waals surface area contributed by atoms with Gasteiger partial charge in [-0.15, -0.1) is 0 Å². The molecule has 8 nitrogen and oxygen atoms in total. The molecule has 1 saturated carbocycles. The minimum absolute atomic E-state index is 0.0395.